The van der Waals surface area contributed by atoms with Gasteiger partial charge in [-0.1, -0.05) is 24.3 Å². The van der Waals surface area contributed by atoms with Crippen LogP contribution in [0.2, 0.25) is 0 Å². The van der Waals surface area contributed by atoms with E-state index in [1.54, 1.807) is 0 Å². The van der Waals surface area contributed by atoms with Crippen molar-refractivity contribution in [2.24, 2.45) is 5.73 Å². The van der Waals surface area contributed by atoms with Gasteiger partial charge in [0.15, 0.2) is 0 Å². The molecule has 0 amide bonds. The number of nitrogens with zero attached hydrogens (tertiary/aromatic N) is 1. The first kappa shape index (κ1) is 22.8. The van der Waals surface area contributed by atoms with Gasteiger partial charge < -0.3 is 20.5 Å². The molecule has 0 atom stereocenters. The van der Waals surface area contributed by atoms with Crippen LogP contribution in [0, 0.1) is 5.41 Å². The van der Waals surface area contributed by atoms with Crippen LogP contribution in [0.5, 0.6) is 0 Å². The fraction of sp³-hybridized carbons (Fsp3) is 0.667. The Bertz CT molecular complexity index is 738. The average molecular weight is 416 g/mol. The molecule has 1 aliphatic heterocycles. The number of esters is 1. The number of hydrogen-bond acceptors (Lipinski definition) is 5. The number of carbonyl (C=O) groups is 1. The van der Waals surface area contributed by atoms with Crippen LogP contribution in [0.1, 0.15) is 82.8 Å². The molecule has 1 aromatic rings. The average Bonchev–Trinajstić information content (AvgIpc) is 2.67. The summed E-state index contributed by atoms with van der Waals surface area (Å²) in [6, 6.07) is 8.58. The van der Waals surface area contributed by atoms with Crippen LogP contribution in [0.4, 0.5) is 0 Å². The van der Waals surface area contributed by atoms with Crippen LogP contribution < -0.4 is 5.73 Å². The SMILES string of the molecule is CC(C)(C)OC(=O)CC1(O)CCC(N2CCC(c3ccc(C(=N)N)cc3)CC2)CC1. The molecule has 1 heterocycles. The molecule has 2 fully saturated rings. The number of amidine groups is 1. The summed E-state index contributed by atoms with van der Waals surface area (Å²) in [5.41, 5.74) is 6.22. The highest BCUT2D eigenvalue weighted by Gasteiger charge is 2.38. The third-order valence-electron chi connectivity index (χ3n) is 6.52. The second-order valence-corrected chi connectivity index (χ2v) is 10.1. The minimum atomic E-state index is -0.921. The van der Waals surface area contributed by atoms with E-state index in [0.29, 0.717) is 24.8 Å². The third kappa shape index (κ3) is 6.05. The Hall–Kier alpha value is -1.92. The van der Waals surface area contributed by atoms with E-state index in [2.05, 4.69) is 17.0 Å². The van der Waals surface area contributed by atoms with E-state index in [4.69, 9.17) is 15.9 Å². The van der Waals surface area contributed by atoms with E-state index in [1.807, 2.05) is 32.9 Å². The summed E-state index contributed by atoms with van der Waals surface area (Å²) in [6.45, 7) is 7.69. The largest absolute Gasteiger partial charge is 0.460 e. The molecular weight excluding hydrogens is 378 g/mol. The smallest absolute Gasteiger partial charge is 0.309 e. The predicted octanol–water partition coefficient (Wildman–Crippen LogP) is 3.56. The Kier molecular flexibility index (Phi) is 6.88. The lowest BCUT2D eigenvalue weighted by molar-refractivity contribution is -0.162. The lowest BCUT2D eigenvalue weighted by Gasteiger charge is -2.43. The molecule has 1 aliphatic carbocycles. The quantitative estimate of drug-likeness (QED) is 0.388. The summed E-state index contributed by atoms with van der Waals surface area (Å²) < 4.78 is 5.40. The molecule has 4 N–H and O–H groups in total. The molecule has 0 bridgehead atoms. The van der Waals surface area contributed by atoms with Gasteiger partial charge in [-0.25, -0.2) is 0 Å². The molecule has 3 rings (SSSR count). The molecule has 6 nitrogen and oxygen atoms in total. The molecule has 1 aromatic carbocycles. The van der Waals surface area contributed by atoms with Crippen molar-refractivity contribution in [2.75, 3.05) is 13.1 Å². The van der Waals surface area contributed by atoms with E-state index >= 15 is 0 Å². The summed E-state index contributed by atoms with van der Waals surface area (Å²) in [4.78, 5) is 14.7. The molecule has 1 saturated heterocycles. The van der Waals surface area contributed by atoms with Crippen LogP contribution in [0.3, 0.4) is 0 Å². The van der Waals surface area contributed by atoms with E-state index in [9.17, 15) is 9.90 Å². The molecule has 6 heteroatoms. The number of nitrogens with two attached hydrogens (primary N) is 1. The maximum Gasteiger partial charge on any atom is 0.309 e. The first-order valence-electron chi connectivity index (χ1n) is 11.2. The number of likely N-dealkylation sites (tertiary alicyclic amines) is 1. The molecule has 0 radical (unpaired) electrons. The number of nitrogens with one attached hydrogen (secondary N) is 1. The van der Waals surface area contributed by atoms with Crippen LogP contribution >= 0.6 is 0 Å². The molecular formula is C24H37N3O3. The number of piperidine rings is 1. The van der Waals surface area contributed by atoms with Crippen LogP contribution in [-0.2, 0) is 9.53 Å². The van der Waals surface area contributed by atoms with Crippen molar-refractivity contribution in [1.82, 2.24) is 4.90 Å². The van der Waals surface area contributed by atoms with E-state index < -0.39 is 11.2 Å². The molecule has 166 valence electrons. The Morgan fingerprint density at radius 3 is 2.23 bits per heavy atom. The summed E-state index contributed by atoms with van der Waals surface area (Å²) in [6.07, 6.45) is 5.51. The normalized spacial score (nSPS) is 26.3. The summed E-state index contributed by atoms with van der Waals surface area (Å²) >= 11 is 0. The zero-order valence-electron chi connectivity index (χ0n) is 18.6. The van der Waals surface area contributed by atoms with Gasteiger partial charge in [-0.15, -0.1) is 0 Å². The highest BCUT2D eigenvalue weighted by Crippen LogP contribution is 2.37. The van der Waals surface area contributed by atoms with E-state index in [1.165, 1.54) is 5.56 Å². The van der Waals surface area contributed by atoms with Crippen molar-refractivity contribution in [3.05, 3.63) is 35.4 Å². The second kappa shape index (κ2) is 9.06. The van der Waals surface area contributed by atoms with Gasteiger partial charge in [0, 0.05) is 11.6 Å². The topological polar surface area (TPSA) is 99.6 Å². The van der Waals surface area contributed by atoms with Gasteiger partial charge in [-0.2, -0.15) is 0 Å². The summed E-state index contributed by atoms with van der Waals surface area (Å²) in [5, 5.41) is 18.4. The molecule has 1 saturated carbocycles. The predicted molar refractivity (Wildman–Crippen MR) is 119 cm³/mol. The van der Waals surface area contributed by atoms with Crippen LogP contribution in [-0.4, -0.2) is 52.1 Å². The van der Waals surface area contributed by atoms with E-state index in [0.717, 1.165) is 44.3 Å². The lowest BCUT2D eigenvalue weighted by Crippen LogP contribution is -2.47. The van der Waals surface area contributed by atoms with Crippen molar-refractivity contribution in [2.45, 2.75) is 88.9 Å². The molecule has 0 spiro atoms. The number of hydrogen-bond donors (Lipinski definition) is 3. The van der Waals surface area contributed by atoms with Gasteiger partial charge in [0.25, 0.3) is 0 Å². The van der Waals surface area contributed by atoms with Gasteiger partial charge in [-0.3, -0.25) is 10.2 Å². The third-order valence-corrected chi connectivity index (χ3v) is 6.52. The van der Waals surface area contributed by atoms with Gasteiger partial charge in [0.2, 0.25) is 0 Å². The number of carbonyl (C=O) groups excluding carboxylic acids is 1. The fourth-order valence-electron chi connectivity index (χ4n) is 4.86. The highest BCUT2D eigenvalue weighted by molar-refractivity contribution is 5.94. The Morgan fingerprint density at radius 1 is 1.17 bits per heavy atom. The molecule has 0 aromatic heterocycles. The Morgan fingerprint density at radius 2 is 1.73 bits per heavy atom. The van der Waals surface area contributed by atoms with Crippen molar-refractivity contribution in [1.29, 1.82) is 5.41 Å². The molecule has 30 heavy (non-hydrogen) atoms. The fourth-order valence-corrected chi connectivity index (χ4v) is 4.86. The van der Waals surface area contributed by atoms with Gasteiger partial charge in [0.1, 0.15) is 11.4 Å². The number of nitrogen functional groups attached to an aromatic ring is 1. The number of benzene rings is 1. The van der Waals surface area contributed by atoms with Crippen LogP contribution in [0.15, 0.2) is 24.3 Å². The monoisotopic (exact) mass is 415 g/mol. The van der Waals surface area contributed by atoms with Gasteiger partial charge in [0.05, 0.1) is 12.0 Å². The maximum absolute atomic E-state index is 12.1. The summed E-state index contributed by atoms with van der Waals surface area (Å²) in [5.74, 6) is 0.357. The maximum atomic E-state index is 12.1. The minimum absolute atomic E-state index is 0.0926. The van der Waals surface area contributed by atoms with Crippen molar-refractivity contribution < 1.29 is 14.6 Å². The lowest BCUT2D eigenvalue weighted by atomic mass is 9.78. The van der Waals surface area contributed by atoms with Crippen molar-refractivity contribution >= 4 is 11.8 Å². The Labute approximate surface area is 180 Å². The summed E-state index contributed by atoms with van der Waals surface area (Å²) in [7, 11) is 0. The number of ether oxygens (including phenoxy) is 1. The standard InChI is InChI=1S/C24H37N3O3/c1-23(2,3)30-21(28)16-24(29)12-8-20(9-13-24)27-14-10-18(11-15-27)17-4-6-19(7-5-17)22(25)26/h4-7,18,20,29H,8-16H2,1-3H3,(H3,25,26). The van der Waals surface area contributed by atoms with Gasteiger partial charge in [-0.05, 0) is 83.9 Å². The van der Waals surface area contributed by atoms with Crippen molar-refractivity contribution in [3.8, 4) is 0 Å². The first-order valence-corrected chi connectivity index (χ1v) is 11.2. The number of aliphatic hydroxyl groups is 1. The molecule has 2 aliphatic rings. The Balaban J connectivity index is 1.46. The van der Waals surface area contributed by atoms with Gasteiger partial charge >= 0.3 is 5.97 Å². The van der Waals surface area contributed by atoms with Crippen LogP contribution in [0.25, 0.3) is 0 Å². The van der Waals surface area contributed by atoms with E-state index in [-0.39, 0.29) is 18.2 Å². The molecule has 0 unspecified atom stereocenters. The minimum Gasteiger partial charge on any atom is -0.460 e. The van der Waals surface area contributed by atoms with Crippen molar-refractivity contribution in [3.63, 3.8) is 0 Å². The zero-order valence-corrected chi connectivity index (χ0v) is 18.6. The zero-order chi connectivity index (χ0) is 21.9. The highest BCUT2D eigenvalue weighted by atomic mass is 16.6. The first-order chi connectivity index (χ1) is 14.0. The number of rotatable bonds is 5. The second-order valence-electron chi connectivity index (χ2n) is 10.1.